The van der Waals surface area contributed by atoms with Crippen molar-refractivity contribution >= 4 is 33.0 Å². The van der Waals surface area contributed by atoms with Crippen LogP contribution in [-0.4, -0.2) is 9.30 Å². The Hall–Kier alpha value is -1.69. The SMILES string of the molecule is Nc1cc([N+](=O)[O-])cc2cnsc12. The van der Waals surface area contributed by atoms with Gasteiger partial charge in [-0.25, -0.2) is 0 Å². The molecule has 66 valence electrons. The predicted octanol–water partition coefficient (Wildman–Crippen LogP) is 1.79. The summed E-state index contributed by atoms with van der Waals surface area (Å²) in [4.78, 5) is 9.99. The lowest BCUT2D eigenvalue weighted by Crippen LogP contribution is -1.90. The number of hydrogen-bond acceptors (Lipinski definition) is 5. The third-order valence-electron chi connectivity index (χ3n) is 1.68. The van der Waals surface area contributed by atoms with Gasteiger partial charge < -0.3 is 5.73 Å². The number of anilines is 1. The average molecular weight is 195 g/mol. The molecular weight excluding hydrogens is 190 g/mol. The van der Waals surface area contributed by atoms with E-state index in [0.717, 1.165) is 10.1 Å². The first-order valence-corrected chi connectivity index (χ1v) is 4.24. The molecule has 1 heterocycles. The number of nitrogen functional groups attached to an aromatic ring is 1. The Kier molecular flexibility index (Phi) is 1.63. The quantitative estimate of drug-likeness (QED) is 0.427. The molecule has 0 bridgehead atoms. The first-order valence-electron chi connectivity index (χ1n) is 3.47. The lowest BCUT2D eigenvalue weighted by molar-refractivity contribution is -0.384. The van der Waals surface area contributed by atoms with E-state index < -0.39 is 4.92 Å². The van der Waals surface area contributed by atoms with Crippen molar-refractivity contribution in [2.75, 3.05) is 5.73 Å². The van der Waals surface area contributed by atoms with Gasteiger partial charge in [0, 0.05) is 23.7 Å². The Morgan fingerprint density at radius 1 is 1.54 bits per heavy atom. The fourth-order valence-electron chi connectivity index (χ4n) is 1.10. The van der Waals surface area contributed by atoms with Gasteiger partial charge in [0.1, 0.15) is 0 Å². The number of nitro groups is 1. The van der Waals surface area contributed by atoms with E-state index in [-0.39, 0.29) is 5.69 Å². The second-order valence-electron chi connectivity index (χ2n) is 2.54. The lowest BCUT2D eigenvalue weighted by atomic mass is 10.2. The summed E-state index contributed by atoms with van der Waals surface area (Å²) in [6.07, 6.45) is 1.57. The molecule has 0 saturated heterocycles. The molecule has 1 aromatic heterocycles. The Bertz CT molecular complexity index is 480. The van der Waals surface area contributed by atoms with Gasteiger partial charge in [-0.3, -0.25) is 10.1 Å². The van der Waals surface area contributed by atoms with Crippen LogP contribution in [0.3, 0.4) is 0 Å². The van der Waals surface area contributed by atoms with Crippen LogP contribution in [0, 0.1) is 10.1 Å². The molecule has 2 rings (SSSR count). The van der Waals surface area contributed by atoms with E-state index in [9.17, 15) is 10.1 Å². The summed E-state index contributed by atoms with van der Waals surface area (Å²) in [7, 11) is 0. The largest absolute Gasteiger partial charge is 0.397 e. The van der Waals surface area contributed by atoms with E-state index in [1.165, 1.54) is 23.7 Å². The maximum Gasteiger partial charge on any atom is 0.272 e. The van der Waals surface area contributed by atoms with Gasteiger partial charge in [0.2, 0.25) is 0 Å². The fraction of sp³-hybridized carbons (Fsp3) is 0. The first-order chi connectivity index (χ1) is 6.18. The van der Waals surface area contributed by atoms with Crippen LogP contribution in [0.1, 0.15) is 0 Å². The molecule has 0 amide bonds. The van der Waals surface area contributed by atoms with Crippen LogP contribution in [-0.2, 0) is 0 Å². The average Bonchev–Trinajstić information content (AvgIpc) is 2.51. The van der Waals surface area contributed by atoms with E-state index in [1.807, 2.05) is 0 Å². The first kappa shape index (κ1) is 7.93. The highest BCUT2D eigenvalue weighted by Gasteiger charge is 2.10. The molecule has 1 aromatic carbocycles. The summed E-state index contributed by atoms with van der Waals surface area (Å²) in [6, 6.07) is 2.82. The van der Waals surface area contributed by atoms with E-state index in [4.69, 9.17) is 5.73 Å². The van der Waals surface area contributed by atoms with Crippen molar-refractivity contribution in [1.82, 2.24) is 4.37 Å². The second kappa shape index (κ2) is 2.67. The van der Waals surface area contributed by atoms with Crippen LogP contribution in [0.25, 0.3) is 10.1 Å². The number of non-ortho nitro benzene ring substituents is 1. The molecule has 2 aromatic rings. The van der Waals surface area contributed by atoms with Gasteiger partial charge >= 0.3 is 0 Å². The maximum absolute atomic E-state index is 10.5. The van der Waals surface area contributed by atoms with Gasteiger partial charge in [-0.05, 0) is 11.5 Å². The van der Waals surface area contributed by atoms with Crippen molar-refractivity contribution < 1.29 is 4.92 Å². The van der Waals surface area contributed by atoms with Crippen LogP contribution in [0.5, 0.6) is 0 Å². The second-order valence-corrected chi connectivity index (χ2v) is 3.34. The zero-order chi connectivity index (χ0) is 9.42. The standard InChI is InChI=1S/C7H5N3O2S/c8-6-2-5(10(11)12)1-4-3-9-13-7(4)6/h1-3H,8H2. The van der Waals surface area contributed by atoms with Crippen molar-refractivity contribution in [2.45, 2.75) is 0 Å². The molecule has 5 nitrogen and oxygen atoms in total. The third-order valence-corrected chi connectivity index (χ3v) is 2.54. The minimum absolute atomic E-state index is 0.00481. The Balaban J connectivity index is 2.77. The third kappa shape index (κ3) is 1.20. The summed E-state index contributed by atoms with van der Waals surface area (Å²) in [5, 5.41) is 11.2. The van der Waals surface area contributed by atoms with Gasteiger partial charge in [0.15, 0.2) is 0 Å². The highest BCUT2D eigenvalue weighted by molar-refractivity contribution is 7.14. The predicted molar refractivity (Wildman–Crippen MR) is 50.7 cm³/mol. The Labute approximate surface area is 77.1 Å². The maximum atomic E-state index is 10.5. The number of nitrogens with two attached hydrogens (primary N) is 1. The van der Waals surface area contributed by atoms with Crippen molar-refractivity contribution in [3.8, 4) is 0 Å². The Morgan fingerprint density at radius 2 is 2.31 bits per heavy atom. The van der Waals surface area contributed by atoms with Gasteiger partial charge in [-0.2, -0.15) is 4.37 Å². The summed E-state index contributed by atoms with van der Waals surface area (Å²) < 4.78 is 4.70. The minimum atomic E-state index is -0.465. The van der Waals surface area contributed by atoms with Crippen LogP contribution in [0.4, 0.5) is 11.4 Å². The normalized spacial score (nSPS) is 10.5. The zero-order valence-electron chi connectivity index (χ0n) is 6.43. The summed E-state index contributed by atoms with van der Waals surface area (Å²) in [6.45, 7) is 0. The highest BCUT2D eigenvalue weighted by atomic mass is 32.1. The molecule has 0 fully saturated rings. The molecule has 0 aliphatic rings. The van der Waals surface area contributed by atoms with Crippen molar-refractivity contribution in [1.29, 1.82) is 0 Å². The number of aromatic nitrogens is 1. The van der Waals surface area contributed by atoms with Crippen molar-refractivity contribution in [2.24, 2.45) is 0 Å². The molecule has 0 unspecified atom stereocenters. The summed E-state index contributed by atoms with van der Waals surface area (Å²) in [5.41, 5.74) is 6.02. The Morgan fingerprint density at radius 3 is 3.00 bits per heavy atom. The van der Waals surface area contributed by atoms with E-state index >= 15 is 0 Å². The van der Waals surface area contributed by atoms with E-state index in [2.05, 4.69) is 4.37 Å². The molecular formula is C7H5N3O2S. The highest BCUT2D eigenvalue weighted by Crippen LogP contribution is 2.29. The number of nitro benzene ring substituents is 1. The zero-order valence-corrected chi connectivity index (χ0v) is 7.25. The number of nitrogens with zero attached hydrogens (tertiary/aromatic N) is 2. The van der Waals surface area contributed by atoms with Gasteiger partial charge in [-0.15, -0.1) is 0 Å². The fourth-order valence-corrected chi connectivity index (χ4v) is 1.75. The topological polar surface area (TPSA) is 82.0 Å². The van der Waals surface area contributed by atoms with Gasteiger partial charge in [0.25, 0.3) is 5.69 Å². The molecule has 2 N–H and O–H groups in total. The minimum Gasteiger partial charge on any atom is -0.397 e. The summed E-state index contributed by atoms with van der Waals surface area (Å²) in [5.74, 6) is 0. The molecule has 6 heteroatoms. The molecule has 13 heavy (non-hydrogen) atoms. The van der Waals surface area contributed by atoms with E-state index in [1.54, 1.807) is 6.20 Å². The van der Waals surface area contributed by atoms with Crippen molar-refractivity contribution in [3.05, 3.63) is 28.4 Å². The number of rotatable bonds is 1. The lowest BCUT2D eigenvalue weighted by Gasteiger charge is -1.95. The van der Waals surface area contributed by atoms with E-state index in [0.29, 0.717) is 5.69 Å². The van der Waals surface area contributed by atoms with Crippen LogP contribution < -0.4 is 5.73 Å². The smallest absolute Gasteiger partial charge is 0.272 e. The number of hydrogen-bond donors (Lipinski definition) is 1. The number of fused-ring (bicyclic) bond motifs is 1. The van der Waals surface area contributed by atoms with Gasteiger partial charge in [0.05, 0.1) is 15.3 Å². The van der Waals surface area contributed by atoms with Crippen LogP contribution >= 0.6 is 11.5 Å². The molecule has 0 spiro atoms. The van der Waals surface area contributed by atoms with Gasteiger partial charge in [-0.1, -0.05) is 0 Å². The molecule has 0 aliphatic heterocycles. The number of benzene rings is 1. The van der Waals surface area contributed by atoms with Crippen LogP contribution in [0.2, 0.25) is 0 Å². The van der Waals surface area contributed by atoms with Crippen LogP contribution in [0.15, 0.2) is 18.3 Å². The summed E-state index contributed by atoms with van der Waals surface area (Å²) >= 11 is 1.24. The molecule has 0 aliphatic carbocycles. The molecule has 0 radical (unpaired) electrons. The molecule has 0 atom stereocenters. The monoisotopic (exact) mass is 195 g/mol. The molecule has 0 saturated carbocycles. The van der Waals surface area contributed by atoms with Crippen molar-refractivity contribution in [3.63, 3.8) is 0 Å².